The highest BCUT2D eigenvalue weighted by Crippen LogP contribution is 2.27. The van der Waals surface area contributed by atoms with Crippen LogP contribution in [-0.4, -0.2) is 63.3 Å². The lowest BCUT2D eigenvalue weighted by atomic mass is 10.1. The van der Waals surface area contributed by atoms with E-state index in [2.05, 4.69) is 20.7 Å². The predicted octanol–water partition coefficient (Wildman–Crippen LogP) is 0.560. The van der Waals surface area contributed by atoms with Crippen molar-refractivity contribution in [3.8, 4) is 11.5 Å². The van der Waals surface area contributed by atoms with Crippen LogP contribution in [0.2, 0.25) is 0 Å². The smallest absolute Gasteiger partial charge is 0.329 e. The number of likely N-dealkylation sites (tertiary alicyclic amines) is 1. The normalized spacial score (nSPS) is 14.5. The molecule has 2 N–H and O–H groups in total. The second kappa shape index (κ2) is 9.76. The number of ether oxygens (including phenoxy) is 2. The lowest BCUT2D eigenvalue weighted by Crippen LogP contribution is -2.39. The number of hydrogen-bond acceptors (Lipinski definition) is 6. The Hall–Kier alpha value is -2.61. The minimum Gasteiger partial charge on any atom is -0.493 e. The fourth-order valence-corrected chi connectivity index (χ4v) is 2.61. The first-order valence-corrected chi connectivity index (χ1v) is 8.56. The predicted molar refractivity (Wildman–Crippen MR) is 98.6 cm³/mol. The van der Waals surface area contributed by atoms with E-state index in [-0.39, 0.29) is 0 Å². The van der Waals surface area contributed by atoms with Crippen molar-refractivity contribution in [1.29, 1.82) is 0 Å². The van der Waals surface area contributed by atoms with Crippen molar-refractivity contribution >= 4 is 17.5 Å². The second-order valence-electron chi connectivity index (χ2n) is 6.12. The minimum atomic E-state index is -0.747. The van der Waals surface area contributed by atoms with Crippen LogP contribution in [0, 0.1) is 0 Å². The molecule has 1 aliphatic heterocycles. The third-order valence-corrected chi connectivity index (χ3v) is 4.23. The highest BCUT2D eigenvalue weighted by molar-refractivity contribution is 6.35. The SMILES string of the molecule is COc1ccc(CCNC(=O)C(=O)NN=C2CCN(C)CC2)cc1OC. The van der Waals surface area contributed by atoms with Gasteiger partial charge >= 0.3 is 11.8 Å². The Kier molecular flexibility index (Phi) is 7.40. The third kappa shape index (κ3) is 5.73. The zero-order valence-electron chi connectivity index (χ0n) is 15.5. The minimum absolute atomic E-state index is 0.336. The van der Waals surface area contributed by atoms with Crippen LogP contribution in [0.25, 0.3) is 0 Å². The summed E-state index contributed by atoms with van der Waals surface area (Å²) in [6, 6.07) is 5.54. The molecule has 1 aromatic rings. The molecule has 142 valence electrons. The van der Waals surface area contributed by atoms with Gasteiger partial charge in [-0.25, -0.2) is 5.43 Å². The van der Waals surface area contributed by atoms with Crippen LogP contribution < -0.4 is 20.2 Å². The Balaban J connectivity index is 1.76. The van der Waals surface area contributed by atoms with Crippen molar-refractivity contribution in [2.45, 2.75) is 19.3 Å². The van der Waals surface area contributed by atoms with Gasteiger partial charge < -0.3 is 19.7 Å². The summed E-state index contributed by atoms with van der Waals surface area (Å²) in [5, 5.41) is 6.64. The molecule has 0 spiro atoms. The Morgan fingerprint density at radius 3 is 2.46 bits per heavy atom. The molecule has 2 amide bonds. The van der Waals surface area contributed by atoms with E-state index in [0.717, 1.165) is 37.2 Å². The molecule has 8 nitrogen and oxygen atoms in total. The van der Waals surface area contributed by atoms with Crippen LogP contribution in [0.15, 0.2) is 23.3 Å². The van der Waals surface area contributed by atoms with Gasteiger partial charge in [0, 0.05) is 38.2 Å². The summed E-state index contributed by atoms with van der Waals surface area (Å²) in [6.45, 7) is 2.15. The number of carbonyl (C=O) groups excluding carboxylic acids is 2. The van der Waals surface area contributed by atoms with Gasteiger partial charge in [-0.1, -0.05) is 6.07 Å². The van der Waals surface area contributed by atoms with E-state index < -0.39 is 11.8 Å². The fourth-order valence-electron chi connectivity index (χ4n) is 2.61. The van der Waals surface area contributed by atoms with Gasteiger partial charge in [-0.2, -0.15) is 5.10 Å². The van der Waals surface area contributed by atoms with E-state index >= 15 is 0 Å². The number of amides is 2. The first kappa shape index (κ1) is 19.7. The van der Waals surface area contributed by atoms with E-state index in [9.17, 15) is 9.59 Å². The number of nitrogens with zero attached hydrogens (tertiary/aromatic N) is 2. The summed E-state index contributed by atoms with van der Waals surface area (Å²) in [4.78, 5) is 25.8. The Morgan fingerprint density at radius 2 is 1.81 bits per heavy atom. The monoisotopic (exact) mass is 362 g/mol. The molecule has 8 heteroatoms. The Bertz CT molecular complexity index is 665. The van der Waals surface area contributed by atoms with E-state index in [1.807, 2.05) is 19.2 Å². The lowest BCUT2D eigenvalue weighted by molar-refractivity contribution is -0.139. The summed E-state index contributed by atoms with van der Waals surface area (Å²) >= 11 is 0. The molecule has 2 rings (SSSR count). The molecule has 0 bridgehead atoms. The van der Waals surface area contributed by atoms with Gasteiger partial charge in [0.1, 0.15) is 0 Å². The molecular weight excluding hydrogens is 336 g/mol. The molecule has 1 fully saturated rings. The molecule has 1 aliphatic rings. The molecule has 0 saturated carbocycles. The van der Waals surface area contributed by atoms with Gasteiger partial charge in [-0.15, -0.1) is 0 Å². The molecule has 0 aromatic heterocycles. The summed E-state index contributed by atoms with van der Waals surface area (Å²) in [5.74, 6) is -0.165. The molecule has 0 unspecified atom stereocenters. The number of nitrogens with one attached hydrogen (secondary N) is 2. The number of benzene rings is 1. The Labute approximate surface area is 153 Å². The van der Waals surface area contributed by atoms with Crippen molar-refractivity contribution in [3.63, 3.8) is 0 Å². The Morgan fingerprint density at radius 1 is 1.12 bits per heavy atom. The molecule has 1 saturated heterocycles. The van der Waals surface area contributed by atoms with Crippen molar-refractivity contribution in [2.75, 3.05) is 40.9 Å². The van der Waals surface area contributed by atoms with Crippen molar-refractivity contribution in [3.05, 3.63) is 23.8 Å². The number of methoxy groups -OCH3 is 2. The maximum absolute atomic E-state index is 11.8. The highest BCUT2D eigenvalue weighted by atomic mass is 16.5. The van der Waals surface area contributed by atoms with Gasteiger partial charge in [0.2, 0.25) is 0 Å². The van der Waals surface area contributed by atoms with Crippen LogP contribution >= 0.6 is 0 Å². The van der Waals surface area contributed by atoms with Crippen LogP contribution in [-0.2, 0) is 16.0 Å². The number of carbonyl (C=O) groups is 2. The highest BCUT2D eigenvalue weighted by Gasteiger charge is 2.15. The van der Waals surface area contributed by atoms with Gasteiger partial charge in [-0.3, -0.25) is 9.59 Å². The summed E-state index contributed by atoms with van der Waals surface area (Å²) in [5.41, 5.74) is 4.21. The second-order valence-corrected chi connectivity index (χ2v) is 6.12. The van der Waals surface area contributed by atoms with Crippen LogP contribution in [0.1, 0.15) is 18.4 Å². The van der Waals surface area contributed by atoms with Gasteiger partial charge in [0.05, 0.1) is 14.2 Å². The van der Waals surface area contributed by atoms with Crippen LogP contribution in [0.5, 0.6) is 11.5 Å². The van der Waals surface area contributed by atoms with Crippen molar-refractivity contribution < 1.29 is 19.1 Å². The molecule has 0 radical (unpaired) electrons. The van der Waals surface area contributed by atoms with Crippen molar-refractivity contribution in [2.24, 2.45) is 5.10 Å². The van der Waals surface area contributed by atoms with Crippen LogP contribution in [0.3, 0.4) is 0 Å². The third-order valence-electron chi connectivity index (χ3n) is 4.23. The summed E-state index contributed by atoms with van der Waals surface area (Å²) < 4.78 is 10.4. The quantitative estimate of drug-likeness (QED) is 0.570. The maximum Gasteiger partial charge on any atom is 0.329 e. The molecular formula is C18H26N4O4. The number of hydrogen-bond donors (Lipinski definition) is 2. The van der Waals surface area contributed by atoms with Crippen molar-refractivity contribution in [1.82, 2.24) is 15.6 Å². The largest absolute Gasteiger partial charge is 0.493 e. The fraction of sp³-hybridized carbons (Fsp3) is 0.500. The van der Waals surface area contributed by atoms with Gasteiger partial charge in [0.15, 0.2) is 11.5 Å². The standard InChI is InChI=1S/C18H26N4O4/c1-22-10-7-14(8-11-22)20-21-18(24)17(23)19-9-6-13-4-5-15(25-2)16(12-13)26-3/h4-5,12H,6-11H2,1-3H3,(H,19,23)(H,21,24). The number of piperidine rings is 1. The van der Waals surface area contributed by atoms with Crippen LogP contribution in [0.4, 0.5) is 0 Å². The zero-order chi connectivity index (χ0) is 18.9. The van der Waals surface area contributed by atoms with Gasteiger partial charge in [0.25, 0.3) is 0 Å². The summed E-state index contributed by atoms with van der Waals surface area (Å²) in [7, 11) is 5.19. The average molecular weight is 362 g/mol. The van der Waals surface area contributed by atoms with Gasteiger partial charge in [-0.05, 0) is 31.2 Å². The van der Waals surface area contributed by atoms with E-state index in [1.54, 1.807) is 20.3 Å². The maximum atomic E-state index is 11.8. The molecule has 0 atom stereocenters. The summed E-state index contributed by atoms with van der Waals surface area (Å²) in [6.07, 6.45) is 2.18. The van der Waals surface area contributed by atoms with E-state index in [0.29, 0.717) is 24.5 Å². The molecule has 1 aromatic carbocycles. The number of rotatable bonds is 6. The lowest BCUT2D eigenvalue weighted by Gasteiger charge is -2.22. The number of hydrazone groups is 1. The first-order valence-electron chi connectivity index (χ1n) is 8.56. The topological polar surface area (TPSA) is 92.3 Å². The van der Waals surface area contributed by atoms with E-state index in [4.69, 9.17) is 9.47 Å². The first-order chi connectivity index (χ1) is 12.5. The molecule has 1 heterocycles. The molecule has 26 heavy (non-hydrogen) atoms. The molecule has 0 aliphatic carbocycles. The zero-order valence-corrected chi connectivity index (χ0v) is 15.5. The average Bonchev–Trinajstić information content (AvgIpc) is 2.67. The van der Waals surface area contributed by atoms with E-state index in [1.165, 1.54) is 0 Å².